The molecule has 3 aromatic rings. The Morgan fingerprint density at radius 3 is 2.53 bits per heavy atom. The number of rotatable bonds is 6. The maximum Gasteiger partial charge on any atom is 0.294 e. The van der Waals surface area contributed by atoms with Gasteiger partial charge < -0.3 is 15.5 Å². The topological polar surface area (TPSA) is 126 Å². The number of hydrogen-bond acceptors (Lipinski definition) is 5. The number of carbonyl (C=O) groups excluding carboxylic acids is 3. The number of ketones is 1. The Morgan fingerprint density at radius 2 is 1.97 bits per heavy atom. The zero-order valence-electron chi connectivity index (χ0n) is 18.7. The number of alkyl halides is 2. The molecule has 10 nitrogen and oxygen atoms in total. The second-order valence-electron chi connectivity index (χ2n) is 8.36. The Labute approximate surface area is 206 Å². The SMILES string of the molecule is [C-]#[N+]c1c(C(=O)C(=O)NC2(c3cn[nH]n3)CC(F)(F)C2)c(C)c(C(=O)Nc2ccc(F)c(Cl)c2)n1C. The first kappa shape index (κ1) is 24.9. The highest BCUT2D eigenvalue weighted by Gasteiger charge is 2.60. The van der Waals surface area contributed by atoms with Crippen LogP contribution in [0.4, 0.5) is 24.7 Å². The number of hydrogen-bond donors (Lipinski definition) is 3. The van der Waals surface area contributed by atoms with Crippen molar-refractivity contribution in [3.05, 3.63) is 69.2 Å². The van der Waals surface area contributed by atoms with Gasteiger partial charge in [0, 0.05) is 24.1 Å². The summed E-state index contributed by atoms with van der Waals surface area (Å²) in [7, 11) is 1.35. The lowest BCUT2D eigenvalue weighted by molar-refractivity contribution is -0.148. The number of H-pyrrole nitrogens is 1. The summed E-state index contributed by atoms with van der Waals surface area (Å²) in [5.74, 6) is -7.25. The number of anilines is 1. The number of benzene rings is 1. The molecule has 4 rings (SSSR count). The van der Waals surface area contributed by atoms with E-state index in [4.69, 9.17) is 18.2 Å². The average molecular weight is 520 g/mol. The highest BCUT2D eigenvalue weighted by atomic mass is 35.5. The molecule has 0 saturated heterocycles. The van der Waals surface area contributed by atoms with Gasteiger partial charge in [0.15, 0.2) is 5.69 Å². The molecule has 186 valence electrons. The van der Waals surface area contributed by atoms with Gasteiger partial charge in [-0.1, -0.05) is 18.2 Å². The zero-order valence-corrected chi connectivity index (χ0v) is 19.5. The summed E-state index contributed by atoms with van der Waals surface area (Å²) >= 11 is 5.74. The van der Waals surface area contributed by atoms with E-state index in [1.807, 2.05) is 0 Å². The summed E-state index contributed by atoms with van der Waals surface area (Å²) in [5.41, 5.74) is -1.88. The van der Waals surface area contributed by atoms with Crippen molar-refractivity contribution in [3.63, 3.8) is 0 Å². The van der Waals surface area contributed by atoms with Crippen LogP contribution in [0.25, 0.3) is 4.85 Å². The number of Topliss-reactive ketones (excluding diaryl/α,β-unsaturated/α-hetero) is 1. The van der Waals surface area contributed by atoms with Gasteiger partial charge in [-0.3, -0.25) is 19.0 Å². The summed E-state index contributed by atoms with van der Waals surface area (Å²) < 4.78 is 42.0. The van der Waals surface area contributed by atoms with Gasteiger partial charge in [0.2, 0.25) is 11.6 Å². The highest BCUT2D eigenvalue weighted by molar-refractivity contribution is 6.44. The Hall–Kier alpha value is -4.18. The number of carbonyl (C=O) groups is 3. The van der Waals surface area contributed by atoms with Crippen molar-refractivity contribution in [2.75, 3.05) is 5.32 Å². The third kappa shape index (κ3) is 4.20. The van der Waals surface area contributed by atoms with Gasteiger partial charge in [-0.15, -0.1) is 0 Å². The predicted molar refractivity (Wildman–Crippen MR) is 120 cm³/mol. The minimum absolute atomic E-state index is 0.0174. The summed E-state index contributed by atoms with van der Waals surface area (Å²) in [6, 6.07) is 3.50. The highest BCUT2D eigenvalue weighted by Crippen LogP contribution is 2.51. The van der Waals surface area contributed by atoms with Crippen LogP contribution in [0, 0.1) is 19.3 Å². The first-order chi connectivity index (χ1) is 16.9. The van der Waals surface area contributed by atoms with Crippen molar-refractivity contribution >= 4 is 40.7 Å². The minimum atomic E-state index is -3.08. The maximum absolute atomic E-state index is 13.7. The zero-order chi connectivity index (χ0) is 26.4. The monoisotopic (exact) mass is 519 g/mol. The number of halogens is 4. The molecule has 2 aromatic heterocycles. The van der Waals surface area contributed by atoms with Gasteiger partial charge in [-0.2, -0.15) is 15.4 Å². The largest absolute Gasteiger partial charge is 0.363 e. The fraction of sp³-hybridized carbons (Fsp3) is 0.273. The number of nitrogens with one attached hydrogen (secondary N) is 3. The molecule has 0 atom stereocenters. The number of amides is 2. The lowest BCUT2D eigenvalue weighted by Crippen LogP contribution is -2.61. The molecular formula is C22H17ClF3N7O3. The van der Waals surface area contributed by atoms with E-state index in [1.165, 1.54) is 32.3 Å². The van der Waals surface area contributed by atoms with E-state index in [2.05, 4.69) is 30.9 Å². The predicted octanol–water partition coefficient (Wildman–Crippen LogP) is 3.67. The Bertz CT molecular complexity index is 1440. The van der Waals surface area contributed by atoms with Gasteiger partial charge in [0.1, 0.15) is 11.5 Å². The van der Waals surface area contributed by atoms with Crippen molar-refractivity contribution in [2.45, 2.75) is 31.2 Å². The number of aromatic nitrogens is 4. The van der Waals surface area contributed by atoms with Crippen LogP contribution in [0.15, 0.2) is 24.4 Å². The molecular weight excluding hydrogens is 503 g/mol. The van der Waals surface area contributed by atoms with Crippen LogP contribution in [0.3, 0.4) is 0 Å². The van der Waals surface area contributed by atoms with Crippen molar-refractivity contribution in [3.8, 4) is 0 Å². The van der Waals surface area contributed by atoms with Crippen LogP contribution in [-0.4, -0.2) is 43.5 Å². The Morgan fingerprint density at radius 1 is 1.28 bits per heavy atom. The molecule has 2 amide bonds. The van der Waals surface area contributed by atoms with Crippen molar-refractivity contribution in [2.24, 2.45) is 7.05 Å². The molecule has 1 fully saturated rings. The molecule has 0 bridgehead atoms. The molecule has 14 heteroatoms. The lowest BCUT2D eigenvalue weighted by atomic mass is 9.71. The third-order valence-corrected chi connectivity index (χ3v) is 6.21. The fourth-order valence-electron chi connectivity index (χ4n) is 4.29. The molecule has 36 heavy (non-hydrogen) atoms. The van der Waals surface area contributed by atoms with Crippen LogP contribution in [0.1, 0.15) is 44.9 Å². The maximum atomic E-state index is 13.7. The Balaban J connectivity index is 1.64. The standard InChI is InChI=1S/C22H17ClF3N7O3/c1-10-15(17(34)20(36)30-21(8-22(25,26)9-21)14-7-28-32-31-14)18(27-2)33(3)16(10)19(35)29-11-4-5-13(24)12(23)6-11/h4-7H,8-9H2,1,3H3,(H,29,35)(H,30,36)(H,28,31,32). The number of aromatic amines is 1. The number of nitrogens with zero attached hydrogens (tertiary/aromatic N) is 4. The van der Waals surface area contributed by atoms with Crippen LogP contribution < -0.4 is 10.6 Å². The van der Waals surface area contributed by atoms with Crippen LogP contribution in [0.2, 0.25) is 5.02 Å². The smallest absolute Gasteiger partial charge is 0.294 e. The van der Waals surface area contributed by atoms with Gasteiger partial charge in [0.05, 0.1) is 29.4 Å². The molecule has 1 aromatic carbocycles. The molecule has 1 aliphatic rings. The lowest BCUT2D eigenvalue weighted by Gasteiger charge is -2.46. The van der Waals surface area contributed by atoms with Crippen LogP contribution >= 0.6 is 11.6 Å². The molecule has 0 aliphatic heterocycles. The molecule has 1 aliphatic carbocycles. The van der Waals surface area contributed by atoms with Crippen molar-refractivity contribution in [1.29, 1.82) is 0 Å². The second kappa shape index (κ2) is 8.80. The summed E-state index contributed by atoms with van der Waals surface area (Å²) in [6.45, 7) is 8.85. The quantitative estimate of drug-likeness (QED) is 0.260. The molecule has 0 radical (unpaired) electrons. The van der Waals surface area contributed by atoms with E-state index in [0.29, 0.717) is 0 Å². The summed E-state index contributed by atoms with van der Waals surface area (Å²) in [6.07, 6.45) is -0.408. The van der Waals surface area contributed by atoms with E-state index in [-0.39, 0.29) is 39.0 Å². The van der Waals surface area contributed by atoms with E-state index in [1.54, 1.807) is 0 Å². The fourth-order valence-corrected chi connectivity index (χ4v) is 4.47. The van der Waals surface area contributed by atoms with E-state index >= 15 is 0 Å². The van der Waals surface area contributed by atoms with Gasteiger partial charge >= 0.3 is 0 Å². The second-order valence-corrected chi connectivity index (χ2v) is 8.76. The summed E-state index contributed by atoms with van der Waals surface area (Å²) in [5, 5.41) is 14.2. The first-order valence-corrected chi connectivity index (χ1v) is 10.7. The molecule has 2 heterocycles. The van der Waals surface area contributed by atoms with Crippen molar-refractivity contribution < 1.29 is 27.6 Å². The van der Waals surface area contributed by atoms with Crippen LogP contribution in [0.5, 0.6) is 0 Å². The molecule has 0 unspecified atom stereocenters. The minimum Gasteiger partial charge on any atom is -0.363 e. The average Bonchev–Trinajstić information content (AvgIpc) is 3.41. The van der Waals surface area contributed by atoms with E-state index in [0.717, 1.165) is 10.6 Å². The van der Waals surface area contributed by atoms with Gasteiger partial charge in [-0.25, -0.2) is 13.2 Å². The Kier molecular flexibility index (Phi) is 6.09. The molecule has 3 N–H and O–H groups in total. The van der Waals surface area contributed by atoms with Crippen molar-refractivity contribution in [1.82, 2.24) is 25.3 Å². The molecule has 1 saturated carbocycles. The normalized spacial score (nSPS) is 15.5. The summed E-state index contributed by atoms with van der Waals surface area (Å²) in [4.78, 5) is 42.3. The van der Waals surface area contributed by atoms with Crippen LogP contribution in [-0.2, 0) is 17.4 Å². The molecule has 0 spiro atoms. The van der Waals surface area contributed by atoms with Gasteiger partial charge in [0.25, 0.3) is 17.7 Å². The van der Waals surface area contributed by atoms with E-state index in [9.17, 15) is 27.6 Å². The van der Waals surface area contributed by atoms with Gasteiger partial charge in [-0.05, 0) is 25.1 Å². The van der Waals surface area contributed by atoms with E-state index < -0.39 is 47.7 Å². The third-order valence-electron chi connectivity index (χ3n) is 5.92. The first-order valence-electron chi connectivity index (χ1n) is 10.3.